The summed E-state index contributed by atoms with van der Waals surface area (Å²) >= 11 is 0. The van der Waals surface area contributed by atoms with Crippen LogP contribution in [0.2, 0.25) is 0 Å². The van der Waals surface area contributed by atoms with Gasteiger partial charge < -0.3 is 4.84 Å². The monoisotopic (exact) mass is 153 g/mol. The van der Waals surface area contributed by atoms with E-state index in [1.54, 1.807) is 6.26 Å². The molecular formula is C9H15NO. The zero-order valence-electron chi connectivity index (χ0n) is 7.13. The molecule has 0 unspecified atom stereocenters. The third-order valence-electron chi connectivity index (χ3n) is 1.68. The van der Waals surface area contributed by atoms with Crippen molar-refractivity contribution >= 4 is 0 Å². The van der Waals surface area contributed by atoms with Crippen molar-refractivity contribution in [3.63, 3.8) is 0 Å². The highest BCUT2D eigenvalue weighted by Gasteiger charge is 2.17. The summed E-state index contributed by atoms with van der Waals surface area (Å²) in [4.78, 5) is 4.98. The first kappa shape index (κ1) is 8.34. The summed E-state index contributed by atoms with van der Waals surface area (Å²) in [6, 6.07) is 0.220. The first-order valence-electron chi connectivity index (χ1n) is 3.96. The second-order valence-corrected chi connectivity index (χ2v) is 3.24. The molecule has 0 saturated heterocycles. The molecule has 0 aromatic heterocycles. The molecule has 2 nitrogen and oxygen atoms in total. The fourth-order valence-corrected chi connectivity index (χ4v) is 1.18. The number of hydrogen-bond acceptors (Lipinski definition) is 2. The predicted molar refractivity (Wildman–Crippen MR) is 45.7 cm³/mol. The van der Waals surface area contributed by atoms with Gasteiger partial charge in [0, 0.05) is 0 Å². The molecule has 1 N–H and O–H groups in total. The van der Waals surface area contributed by atoms with E-state index < -0.39 is 0 Å². The van der Waals surface area contributed by atoms with E-state index in [1.807, 2.05) is 6.08 Å². The van der Waals surface area contributed by atoms with Crippen molar-refractivity contribution in [2.24, 2.45) is 5.92 Å². The minimum Gasteiger partial charge on any atom is -0.416 e. The molecule has 0 aromatic rings. The standard InChI is InChI=1S/C9H15NO/c1-4-9-8(5-7(2)3)6-11-10-9/h4,6-7,9-10H,1,5H2,2-3H3/t9-/m1/s1. The summed E-state index contributed by atoms with van der Waals surface area (Å²) in [5.74, 6) is 0.673. The summed E-state index contributed by atoms with van der Waals surface area (Å²) < 4.78 is 0. The number of hydrogen-bond donors (Lipinski definition) is 1. The fraction of sp³-hybridized carbons (Fsp3) is 0.556. The molecule has 1 aliphatic heterocycles. The van der Waals surface area contributed by atoms with Crippen molar-refractivity contribution in [3.05, 3.63) is 24.5 Å². The smallest absolute Gasteiger partial charge is 0.112 e. The molecule has 0 saturated carbocycles. The van der Waals surface area contributed by atoms with Gasteiger partial charge in [0.05, 0.1) is 6.04 Å². The fourth-order valence-electron chi connectivity index (χ4n) is 1.18. The second-order valence-electron chi connectivity index (χ2n) is 3.24. The summed E-state index contributed by atoms with van der Waals surface area (Å²) in [5, 5.41) is 0. The molecule has 0 bridgehead atoms. The van der Waals surface area contributed by atoms with Gasteiger partial charge in [-0.25, -0.2) is 0 Å². The van der Waals surface area contributed by atoms with Crippen LogP contribution in [0.15, 0.2) is 24.5 Å². The van der Waals surface area contributed by atoms with Gasteiger partial charge >= 0.3 is 0 Å². The summed E-state index contributed by atoms with van der Waals surface area (Å²) in [7, 11) is 0. The summed E-state index contributed by atoms with van der Waals surface area (Å²) in [6.45, 7) is 8.10. The van der Waals surface area contributed by atoms with E-state index in [0.29, 0.717) is 5.92 Å². The maximum Gasteiger partial charge on any atom is 0.112 e. The van der Waals surface area contributed by atoms with Gasteiger partial charge in [0.1, 0.15) is 6.26 Å². The van der Waals surface area contributed by atoms with E-state index in [1.165, 1.54) is 5.57 Å². The van der Waals surface area contributed by atoms with Crippen molar-refractivity contribution in [1.29, 1.82) is 0 Å². The Kier molecular flexibility index (Phi) is 2.71. The lowest BCUT2D eigenvalue weighted by Gasteiger charge is -2.09. The minimum atomic E-state index is 0.220. The Balaban J connectivity index is 2.49. The van der Waals surface area contributed by atoms with Crippen molar-refractivity contribution in [2.45, 2.75) is 26.3 Å². The number of rotatable bonds is 3. The summed E-state index contributed by atoms with van der Waals surface area (Å²) in [5.41, 5.74) is 4.14. The zero-order valence-corrected chi connectivity index (χ0v) is 7.13. The number of nitrogens with one attached hydrogen (secondary N) is 1. The molecule has 0 fully saturated rings. The van der Waals surface area contributed by atoms with Crippen LogP contribution in [0.3, 0.4) is 0 Å². The molecule has 1 rings (SSSR count). The van der Waals surface area contributed by atoms with Crippen LogP contribution < -0.4 is 5.48 Å². The van der Waals surface area contributed by atoms with Crippen LogP contribution in [0, 0.1) is 5.92 Å². The third kappa shape index (κ3) is 2.09. The Hall–Kier alpha value is -0.760. The van der Waals surface area contributed by atoms with Gasteiger partial charge in [-0.1, -0.05) is 19.9 Å². The molecule has 0 aromatic carbocycles. The van der Waals surface area contributed by atoms with Gasteiger partial charge in [-0.15, -0.1) is 12.1 Å². The molecule has 0 amide bonds. The van der Waals surface area contributed by atoms with Gasteiger partial charge in [0.15, 0.2) is 0 Å². The Labute approximate surface area is 67.9 Å². The average Bonchev–Trinajstić information content (AvgIpc) is 2.34. The van der Waals surface area contributed by atoms with Crippen molar-refractivity contribution in [3.8, 4) is 0 Å². The highest BCUT2D eigenvalue weighted by Crippen LogP contribution is 2.18. The quantitative estimate of drug-likeness (QED) is 0.626. The van der Waals surface area contributed by atoms with E-state index >= 15 is 0 Å². The van der Waals surface area contributed by atoms with E-state index in [4.69, 9.17) is 4.84 Å². The van der Waals surface area contributed by atoms with Crippen molar-refractivity contribution in [1.82, 2.24) is 5.48 Å². The van der Waals surface area contributed by atoms with Gasteiger partial charge in [0.2, 0.25) is 0 Å². The van der Waals surface area contributed by atoms with Gasteiger partial charge in [-0.3, -0.25) is 0 Å². The lowest BCUT2D eigenvalue weighted by atomic mass is 9.99. The van der Waals surface area contributed by atoms with Gasteiger partial charge in [0.25, 0.3) is 0 Å². The van der Waals surface area contributed by atoms with E-state index in [2.05, 4.69) is 25.9 Å². The van der Waals surface area contributed by atoms with E-state index in [9.17, 15) is 0 Å². The Morgan fingerprint density at radius 2 is 2.55 bits per heavy atom. The first-order valence-corrected chi connectivity index (χ1v) is 3.96. The van der Waals surface area contributed by atoms with E-state index in [-0.39, 0.29) is 6.04 Å². The van der Waals surface area contributed by atoms with Gasteiger partial charge in [-0.05, 0) is 17.9 Å². The molecule has 11 heavy (non-hydrogen) atoms. The molecule has 0 spiro atoms. The molecule has 1 heterocycles. The maximum absolute atomic E-state index is 4.98. The van der Waals surface area contributed by atoms with Crippen LogP contribution in [-0.4, -0.2) is 6.04 Å². The third-order valence-corrected chi connectivity index (χ3v) is 1.68. The Morgan fingerprint density at radius 3 is 3.09 bits per heavy atom. The second kappa shape index (κ2) is 3.58. The highest BCUT2D eigenvalue weighted by molar-refractivity contribution is 5.17. The van der Waals surface area contributed by atoms with Crippen LogP contribution >= 0.6 is 0 Å². The molecule has 0 radical (unpaired) electrons. The van der Waals surface area contributed by atoms with E-state index in [0.717, 1.165) is 6.42 Å². The largest absolute Gasteiger partial charge is 0.416 e. The number of hydroxylamine groups is 1. The van der Waals surface area contributed by atoms with Crippen LogP contribution in [0.5, 0.6) is 0 Å². The molecule has 2 heteroatoms. The van der Waals surface area contributed by atoms with Crippen LogP contribution in [0.1, 0.15) is 20.3 Å². The first-order chi connectivity index (χ1) is 5.24. The highest BCUT2D eigenvalue weighted by atomic mass is 16.6. The lowest BCUT2D eigenvalue weighted by molar-refractivity contribution is 0.153. The zero-order chi connectivity index (χ0) is 8.27. The molecule has 1 aliphatic rings. The topological polar surface area (TPSA) is 21.3 Å². The van der Waals surface area contributed by atoms with Crippen LogP contribution in [0.25, 0.3) is 0 Å². The molecule has 0 aliphatic carbocycles. The SMILES string of the molecule is C=C[C@H]1NOC=C1CC(C)C. The molecule has 62 valence electrons. The molecular weight excluding hydrogens is 138 g/mol. The summed E-state index contributed by atoms with van der Waals surface area (Å²) in [6.07, 6.45) is 4.72. The normalized spacial score (nSPS) is 23.2. The van der Waals surface area contributed by atoms with Crippen LogP contribution in [0.4, 0.5) is 0 Å². The van der Waals surface area contributed by atoms with Crippen molar-refractivity contribution < 1.29 is 4.84 Å². The maximum atomic E-state index is 4.98. The predicted octanol–water partition coefficient (Wildman–Crippen LogP) is 2.01. The molecule has 1 atom stereocenters. The minimum absolute atomic E-state index is 0.220. The Bertz CT molecular complexity index is 172. The Morgan fingerprint density at radius 1 is 1.82 bits per heavy atom. The van der Waals surface area contributed by atoms with Gasteiger partial charge in [-0.2, -0.15) is 0 Å². The average molecular weight is 153 g/mol. The lowest BCUT2D eigenvalue weighted by Crippen LogP contribution is -2.21. The van der Waals surface area contributed by atoms with Crippen molar-refractivity contribution in [2.75, 3.05) is 0 Å². The van der Waals surface area contributed by atoms with Crippen LogP contribution in [-0.2, 0) is 4.84 Å².